The lowest BCUT2D eigenvalue weighted by Crippen LogP contribution is -2.35. The molecule has 0 unspecified atom stereocenters. The maximum Gasteiger partial charge on any atom is 0.128 e. The summed E-state index contributed by atoms with van der Waals surface area (Å²) in [7, 11) is 0. The molecule has 0 bridgehead atoms. The van der Waals surface area contributed by atoms with Crippen LogP contribution in [0.1, 0.15) is 11.1 Å². The van der Waals surface area contributed by atoms with Crippen LogP contribution in [-0.4, -0.2) is 47.6 Å². The van der Waals surface area contributed by atoms with Crippen molar-refractivity contribution >= 4 is 11.9 Å². The average Bonchev–Trinajstić information content (AvgIpc) is 2.58. The van der Waals surface area contributed by atoms with Crippen molar-refractivity contribution in [3.63, 3.8) is 0 Å². The number of hydrogen-bond donors (Lipinski definition) is 2. The van der Waals surface area contributed by atoms with E-state index in [2.05, 4.69) is 9.89 Å². The normalized spacial score (nSPS) is 16.0. The molecule has 0 aliphatic carbocycles. The van der Waals surface area contributed by atoms with Crippen molar-refractivity contribution < 1.29 is 14.9 Å². The number of para-hydroxylation sites is 1. The number of aliphatic imine (C=N–C) groups is 1. The summed E-state index contributed by atoms with van der Waals surface area (Å²) in [5, 5.41) is 19.7. The molecule has 3 rings (SSSR count). The summed E-state index contributed by atoms with van der Waals surface area (Å²) in [4.78, 5) is 6.60. The van der Waals surface area contributed by atoms with E-state index in [1.807, 2.05) is 18.2 Å². The van der Waals surface area contributed by atoms with Crippen molar-refractivity contribution in [2.45, 2.75) is 6.54 Å². The molecule has 5 heteroatoms. The van der Waals surface area contributed by atoms with Crippen LogP contribution in [-0.2, 0) is 11.3 Å². The fourth-order valence-corrected chi connectivity index (χ4v) is 2.53. The standard InChI is InChI=1S/C18H20N2O3/c21-17-6-4-16(5-7-17)19-12-14-2-1-3-15(18(14)22)13-20-8-10-23-11-9-20/h1-7,12,21-22H,8-11,13H2. The summed E-state index contributed by atoms with van der Waals surface area (Å²) in [6.45, 7) is 3.94. The first-order valence-electron chi connectivity index (χ1n) is 7.66. The topological polar surface area (TPSA) is 65.3 Å². The number of ether oxygens (including phenoxy) is 1. The number of aromatic hydroxyl groups is 2. The van der Waals surface area contributed by atoms with Gasteiger partial charge in [-0.25, -0.2) is 0 Å². The third-order valence-corrected chi connectivity index (χ3v) is 3.85. The van der Waals surface area contributed by atoms with E-state index in [0.29, 0.717) is 12.1 Å². The molecule has 120 valence electrons. The Morgan fingerprint density at radius 2 is 1.78 bits per heavy atom. The lowest BCUT2D eigenvalue weighted by molar-refractivity contribution is 0.0339. The maximum atomic E-state index is 10.5. The second-order valence-corrected chi connectivity index (χ2v) is 5.52. The third-order valence-electron chi connectivity index (χ3n) is 3.85. The first kappa shape index (κ1) is 15.5. The van der Waals surface area contributed by atoms with E-state index < -0.39 is 0 Å². The Bertz CT molecular complexity index is 677. The quantitative estimate of drug-likeness (QED) is 0.852. The number of hydrogen-bond acceptors (Lipinski definition) is 5. The molecule has 2 aromatic rings. The molecule has 0 radical (unpaired) electrons. The van der Waals surface area contributed by atoms with Crippen molar-refractivity contribution in [1.29, 1.82) is 0 Å². The first-order valence-corrected chi connectivity index (χ1v) is 7.66. The predicted octanol–water partition coefficient (Wildman–Crippen LogP) is 2.68. The van der Waals surface area contributed by atoms with Crippen molar-refractivity contribution in [3.05, 3.63) is 53.6 Å². The van der Waals surface area contributed by atoms with Crippen LogP contribution in [0.25, 0.3) is 0 Å². The van der Waals surface area contributed by atoms with Crippen LogP contribution >= 0.6 is 0 Å². The smallest absolute Gasteiger partial charge is 0.128 e. The van der Waals surface area contributed by atoms with Crippen LogP contribution in [0.3, 0.4) is 0 Å². The molecule has 1 fully saturated rings. The molecule has 2 N–H and O–H groups in total. The zero-order valence-electron chi connectivity index (χ0n) is 12.9. The van der Waals surface area contributed by atoms with Crippen molar-refractivity contribution in [3.8, 4) is 11.5 Å². The minimum absolute atomic E-state index is 0.208. The molecule has 23 heavy (non-hydrogen) atoms. The molecule has 1 heterocycles. The van der Waals surface area contributed by atoms with Gasteiger partial charge in [-0.2, -0.15) is 0 Å². The zero-order chi connectivity index (χ0) is 16.1. The van der Waals surface area contributed by atoms with Gasteiger partial charge in [-0.3, -0.25) is 9.89 Å². The fraction of sp³-hybridized carbons (Fsp3) is 0.278. The van der Waals surface area contributed by atoms with E-state index >= 15 is 0 Å². The maximum absolute atomic E-state index is 10.5. The summed E-state index contributed by atoms with van der Waals surface area (Å²) < 4.78 is 5.34. The Kier molecular flexibility index (Phi) is 4.90. The van der Waals surface area contributed by atoms with Gasteiger partial charge >= 0.3 is 0 Å². The Hall–Kier alpha value is -2.37. The SMILES string of the molecule is Oc1ccc(N=Cc2cccc(CN3CCOCC3)c2O)cc1. The monoisotopic (exact) mass is 312 g/mol. The van der Waals surface area contributed by atoms with E-state index in [4.69, 9.17) is 4.74 Å². The Morgan fingerprint density at radius 1 is 1.04 bits per heavy atom. The first-order chi connectivity index (χ1) is 11.2. The van der Waals surface area contributed by atoms with Crippen molar-refractivity contribution in [2.75, 3.05) is 26.3 Å². The highest BCUT2D eigenvalue weighted by Gasteiger charge is 2.13. The molecular formula is C18H20N2O3. The lowest BCUT2D eigenvalue weighted by Gasteiger charge is -2.26. The van der Waals surface area contributed by atoms with Gasteiger partial charge in [0.1, 0.15) is 11.5 Å². The van der Waals surface area contributed by atoms with Gasteiger partial charge < -0.3 is 14.9 Å². The molecule has 2 aromatic carbocycles. The Morgan fingerprint density at radius 3 is 2.52 bits per heavy atom. The van der Waals surface area contributed by atoms with Crippen molar-refractivity contribution in [1.82, 2.24) is 4.90 Å². The Balaban J connectivity index is 1.74. The average molecular weight is 312 g/mol. The van der Waals surface area contributed by atoms with Crippen LogP contribution in [0.4, 0.5) is 5.69 Å². The second kappa shape index (κ2) is 7.26. The summed E-state index contributed by atoms with van der Waals surface area (Å²) >= 11 is 0. The summed E-state index contributed by atoms with van der Waals surface area (Å²) in [5.41, 5.74) is 2.30. The summed E-state index contributed by atoms with van der Waals surface area (Å²) in [5.74, 6) is 0.473. The molecule has 0 spiro atoms. The molecule has 0 amide bonds. The van der Waals surface area contributed by atoms with Crippen LogP contribution in [0.2, 0.25) is 0 Å². The highest BCUT2D eigenvalue weighted by atomic mass is 16.5. The Labute approximate surface area is 135 Å². The van der Waals surface area contributed by atoms with Crippen LogP contribution < -0.4 is 0 Å². The summed E-state index contributed by atoms with van der Waals surface area (Å²) in [6.07, 6.45) is 1.64. The second-order valence-electron chi connectivity index (χ2n) is 5.52. The van der Waals surface area contributed by atoms with E-state index in [1.165, 1.54) is 0 Å². The summed E-state index contributed by atoms with van der Waals surface area (Å²) in [6, 6.07) is 12.3. The molecule has 0 atom stereocenters. The van der Waals surface area contributed by atoms with Gasteiger partial charge in [0.05, 0.1) is 18.9 Å². The van der Waals surface area contributed by atoms with Crippen LogP contribution in [0.15, 0.2) is 47.5 Å². The van der Waals surface area contributed by atoms with Gasteiger partial charge in [-0.1, -0.05) is 12.1 Å². The minimum atomic E-state index is 0.208. The third kappa shape index (κ3) is 4.09. The lowest BCUT2D eigenvalue weighted by atomic mass is 10.1. The number of benzene rings is 2. The van der Waals surface area contributed by atoms with Gasteiger partial charge in [0.15, 0.2) is 0 Å². The zero-order valence-corrected chi connectivity index (χ0v) is 12.9. The number of phenols is 2. The van der Waals surface area contributed by atoms with E-state index in [1.54, 1.807) is 30.5 Å². The van der Waals surface area contributed by atoms with Gasteiger partial charge in [0, 0.05) is 37.0 Å². The van der Waals surface area contributed by atoms with Gasteiger partial charge in [-0.15, -0.1) is 0 Å². The van der Waals surface area contributed by atoms with Crippen molar-refractivity contribution in [2.24, 2.45) is 4.99 Å². The molecular weight excluding hydrogens is 292 g/mol. The fourth-order valence-electron chi connectivity index (χ4n) is 2.53. The number of rotatable bonds is 4. The molecule has 5 nitrogen and oxygen atoms in total. The van der Waals surface area contributed by atoms with Crippen LogP contribution in [0.5, 0.6) is 11.5 Å². The molecule has 1 saturated heterocycles. The largest absolute Gasteiger partial charge is 0.508 e. The van der Waals surface area contributed by atoms with Crippen LogP contribution in [0, 0.1) is 0 Å². The predicted molar refractivity (Wildman–Crippen MR) is 89.6 cm³/mol. The molecule has 0 saturated carbocycles. The molecule has 0 aromatic heterocycles. The molecule has 1 aliphatic rings. The molecule has 1 aliphatic heterocycles. The van der Waals surface area contributed by atoms with E-state index in [-0.39, 0.29) is 11.5 Å². The van der Waals surface area contributed by atoms with Gasteiger partial charge in [-0.05, 0) is 30.3 Å². The van der Waals surface area contributed by atoms with Gasteiger partial charge in [0.2, 0.25) is 0 Å². The highest BCUT2D eigenvalue weighted by Crippen LogP contribution is 2.24. The minimum Gasteiger partial charge on any atom is -0.508 e. The van der Waals surface area contributed by atoms with E-state index in [0.717, 1.165) is 37.6 Å². The highest BCUT2D eigenvalue weighted by molar-refractivity contribution is 5.85. The number of nitrogens with zero attached hydrogens (tertiary/aromatic N) is 2. The number of phenolic OH excluding ortho intramolecular Hbond substituents is 2. The van der Waals surface area contributed by atoms with Gasteiger partial charge in [0.25, 0.3) is 0 Å². The number of morpholine rings is 1. The van der Waals surface area contributed by atoms with E-state index in [9.17, 15) is 10.2 Å².